The predicted molar refractivity (Wildman–Crippen MR) is 68.5 cm³/mol. The lowest BCUT2D eigenvalue weighted by atomic mass is 10.1. The average molecular weight is 249 g/mol. The first kappa shape index (κ1) is 12.9. The van der Waals surface area contributed by atoms with Crippen LogP contribution in [-0.2, 0) is 9.53 Å². The fourth-order valence-electron chi connectivity index (χ4n) is 2.07. The Balaban J connectivity index is 1.93. The van der Waals surface area contributed by atoms with Crippen molar-refractivity contribution >= 4 is 5.91 Å². The molecule has 0 radical (unpaired) electrons. The molecule has 1 amide bonds. The molecule has 0 saturated carbocycles. The zero-order valence-corrected chi connectivity index (χ0v) is 10.8. The molecule has 1 heterocycles. The number of nitrogens with one attached hydrogen (secondary N) is 1. The summed E-state index contributed by atoms with van der Waals surface area (Å²) in [7, 11) is 1.64. The van der Waals surface area contributed by atoms with Crippen LogP contribution in [0.15, 0.2) is 24.3 Å². The Bertz CT molecular complexity index is 396. The van der Waals surface area contributed by atoms with E-state index in [0.717, 1.165) is 24.2 Å². The number of benzene rings is 1. The summed E-state index contributed by atoms with van der Waals surface area (Å²) in [5.74, 6) is 0.798. The summed E-state index contributed by atoms with van der Waals surface area (Å²) in [6.45, 7) is 2.66. The van der Waals surface area contributed by atoms with E-state index in [4.69, 9.17) is 9.47 Å². The van der Waals surface area contributed by atoms with Crippen LogP contribution < -0.4 is 10.1 Å². The molecule has 2 rings (SSSR count). The highest BCUT2D eigenvalue weighted by atomic mass is 16.5. The molecule has 1 aromatic rings. The number of rotatable bonds is 4. The first-order valence-electron chi connectivity index (χ1n) is 6.26. The lowest BCUT2D eigenvalue weighted by Crippen LogP contribution is -2.35. The Kier molecular flexibility index (Phi) is 4.20. The normalized spacial score (nSPS) is 20.4. The van der Waals surface area contributed by atoms with Crippen LogP contribution in [0.2, 0.25) is 0 Å². The average Bonchev–Trinajstić information content (AvgIpc) is 2.92. The first-order valence-corrected chi connectivity index (χ1v) is 6.26. The zero-order valence-electron chi connectivity index (χ0n) is 10.8. The number of hydrogen-bond donors (Lipinski definition) is 1. The maximum atomic E-state index is 11.9. The molecule has 1 N–H and O–H groups in total. The van der Waals surface area contributed by atoms with Crippen molar-refractivity contribution in [1.29, 1.82) is 0 Å². The highest BCUT2D eigenvalue weighted by molar-refractivity contribution is 5.81. The highest BCUT2D eigenvalue weighted by Gasteiger charge is 2.24. The van der Waals surface area contributed by atoms with E-state index >= 15 is 0 Å². The largest absolute Gasteiger partial charge is 0.497 e. The number of carbonyl (C=O) groups is 1. The summed E-state index contributed by atoms with van der Waals surface area (Å²) < 4.78 is 10.5. The van der Waals surface area contributed by atoms with Gasteiger partial charge < -0.3 is 14.8 Å². The van der Waals surface area contributed by atoms with Crippen molar-refractivity contribution in [2.75, 3.05) is 13.7 Å². The van der Waals surface area contributed by atoms with E-state index in [1.165, 1.54) is 0 Å². The molecule has 0 unspecified atom stereocenters. The Labute approximate surface area is 107 Å². The summed E-state index contributed by atoms with van der Waals surface area (Å²) in [5.41, 5.74) is 1.06. The van der Waals surface area contributed by atoms with E-state index < -0.39 is 0 Å². The smallest absolute Gasteiger partial charge is 0.249 e. The van der Waals surface area contributed by atoms with Crippen LogP contribution >= 0.6 is 0 Å². The summed E-state index contributed by atoms with van der Waals surface area (Å²) in [6.07, 6.45) is 1.52. The summed E-state index contributed by atoms with van der Waals surface area (Å²) in [4.78, 5) is 11.9. The van der Waals surface area contributed by atoms with E-state index in [2.05, 4.69) is 5.32 Å². The van der Waals surface area contributed by atoms with Crippen LogP contribution in [0, 0.1) is 0 Å². The van der Waals surface area contributed by atoms with Crippen molar-refractivity contribution in [3.05, 3.63) is 29.8 Å². The minimum absolute atomic E-state index is 0.0178. The Morgan fingerprint density at radius 2 is 2.17 bits per heavy atom. The first-order chi connectivity index (χ1) is 8.70. The molecule has 0 bridgehead atoms. The second-order valence-electron chi connectivity index (χ2n) is 4.51. The minimum Gasteiger partial charge on any atom is -0.497 e. The van der Waals surface area contributed by atoms with Crippen LogP contribution in [0.25, 0.3) is 0 Å². The van der Waals surface area contributed by atoms with Gasteiger partial charge in [-0.05, 0) is 37.5 Å². The van der Waals surface area contributed by atoms with Gasteiger partial charge in [-0.2, -0.15) is 0 Å². The number of methoxy groups -OCH3 is 1. The van der Waals surface area contributed by atoms with Gasteiger partial charge in [0.05, 0.1) is 13.2 Å². The van der Waals surface area contributed by atoms with Gasteiger partial charge in [0.15, 0.2) is 0 Å². The van der Waals surface area contributed by atoms with Crippen molar-refractivity contribution in [3.63, 3.8) is 0 Å². The third-order valence-corrected chi connectivity index (χ3v) is 3.20. The summed E-state index contributed by atoms with van der Waals surface area (Å²) in [6, 6.07) is 7.68. The molecule has 18 heavy (non-hydrogen) atoms. The van der Waals surface area contributed by atoms with Crippen LogP contribution in [0.3, 0.4) is 0 Å². The molecular formula is C14H19NO3. The van der Waals surface area contributed by atoms with Crippen LogP contribution in [0.4, 0.5) is 0 Å². The number of hydrogen-bond acceptors (Lipinski definition) is 3. The van der Waals surface area contributed by atoms with Crippen molar-refractivity contribution in [2.45, 2.75) is 31.9 Å². The fourth-order valence-corrected chi connectivity index (χ4v) is 2.07. The molecule has 98 valence electrons. The molecule has 0 spiro atoms. The molecule has 2 atom stereocenters. The number of carbonyl (C=O) groups excluding carboxylic acids is 1. The monoisotopic (exact) mass is 249 g/mol. The third-order valence-electron chi connectivity index (χ3n) is 3.20. The van der Waals surface area contributed by atoms with Crippen molar-refractivity contribution in [1.82, 2.24) is 5.32 Å². The van der Waals surface area contributed by atoms with Gasteiger partial charge in [0.1, 0.15) is 11.9 Å². The maximum absolute atomic E-state index is 11.9. The SMILES string of the molecule is COc1ccc([C@H](C)NC(=O)[C@H]2CCCO2)cc1. The molecule has 4 heteroatoms. The topological polar surface area (TPSA) is 47.6 Å². The van der Waals surface area contributed by atoms with Crippen LogP contribution in [0.5, 0.6) is 5.75 Å². The van der Waals surface area contributed by atoms with Gasteiger partial charge in [0.25, 0.3) is 0 Å². The van der Waals surface area contributed by atoms with E-state index in [-0.39, 0.29) is 18.1 Å². The van der Waals surface area contributed by atoms with E-state index in [1.54, 1.807) is 7.11 Å². The highest BCUT2D eigenvalue weighted by Crippen LogP contribution is 2.18. The van der Waals surface area contributed by atoms with Crippen molar-refractivity contribution in [3.8, 4) is 5.75 Å². The quantitative estimate of drug-likeness (QED) is 0.888. The second kappa shape index (κ2) is 5.87. The lowest BCUT2D eigenvalue weighted by molar-refractivity contribution is -0.130. The van der Waals surface area contributed by atoms with Gasteiger partial charge >= 0.3 is 0 Å². The van der Waals surface area contributed by atoms with E-state index in [0.29, 0.717) is 6.61 Å². The maximum Gasteiger partial charge on any atom is 0.249 e. The molecule has 0 aliphatic carbocycles. The Hall–Kier alpha value is -1.55. The number of amides is 1. The molecular weight excluding hydrogens is 230 g/mol. The van der Waals surface area contributed by atoms with Gasteiger partial charge in [-0.1, -0.05) is 12.1 Å². The molecule has 0 aromatic heterocycles. The predicted octanol–water partition coefficient (Wildman–Crippen LogP) is 2.05. The third kappa shape index (κ3) is 3.01. The van der Waals surface area contributed by atoms with E-state index in [1.807, 2.05) is 31.2 Å². The minimum atomic E-state index is -0.273. The standard InChI is InChI=1S/C14H19NO3/c1-10(11-5-7-12(17-2)8-6-11)15-14(16)13-4-3-9-18-13/h5-8,10,13H,3-4,9H2,1-2H3,(H,15,16)/t10-,13+/m0/s1. The zero-order chi connectivity index (χ0) is 13.0. The molecule has 1 saturated heterocycles. The Morgan fingerprint density at radius 1 is 1.44 bits per heavy atom. The van der Waals surface area contributed by atoms with Gasteiger partial charge in [-0.15, -0.1) is 0 Å². The molecule has 1 aliphatic rings. The summed E-state index contributed by atoms with van der Waals surface area (Å²) >= 11 is 0. The van der Waals surface area contributed by atoms with Crippen LogP contribution in [0.1, 0.15) is 31.4 Å². The number of ether oxygens (including phenoxy) is 2. The summed E-state index contributed by atoms with van der Waals surface area (Å²) in [5, 5.41) is 2.97. The second-order valence-corrected chi connectivity index (χ2v) is 4.51. The van der Waals surface area contributed by atoms with Crippen molar-refractivity contribution < 1.29 is 14.3 Å². The molecule has 1 aromatic carbocycles. The Morgan fingerprint density at radius 3 is 2.72 bits per heavy atom. The molecule has 1 fully saturated rings. The fraction of sp³-hybridized carbons (Fsp3) is 0.500. The lowest BCUT2D eigenvalue weighted by Gasteiger charge is -2.17. The van der Waals surface area contributed by atoms with Gasteiger partial charge in [0, 0.05) is 6.61 Å². The van der Waals surface area contributed by atoms with E-state index in [9.17, 15) is 4.79 Å². The van der Waals surface area contributed by atoms with Crippen molar-refractivity contribution in [2.24, 2.45) is 0 Å². The molecule has 1 aliphatic heterocycles. The van der Waals surface area contributed by atoms with Crippen LogP contribution in [-0.4, -0.2) is 25.7 Å². The van der Waals surface area contributed by atoms with Gasteiger partial charge in [-0.25, -0.2) is 0 Å². The van der Waals surface area contributed by atoms with Gasteiger partial charge in [-0.3, -0.25) is 4.79 Å². The molecule has 4 nitrogen and oxygen atoms in total. The van der Waals surface area contributed by atoms with Gasteiger partial charge in [0.2, 0.25) is 5.91 Å².